The summed E-state index contributed by atoms with van der Waals surface area (Å²) in [5.74, 6) is -0.143. The van der Waals surface area contributed by atoms with E-state index in [0.29, 0.717) is 5.57 Å². The number of nitrogens with zero attached hydrogens (tertiary/aromatic N) is 1. The molecule has 194 valence electrons. The normalized spacial score (nSPS) is 33.4. The molecular formula is C33H39NO3. The van der Waals surface area contributed by atoms with Gasteiger partial charge < -0.3 is 4.74 Å². The van der Waals surface area contributed by atoms with E-state index in [4.69, 9.17) is 9.57 Å². The van der Waals surface area contributed by atoms with E-state index in [1.807, 2.05) is 6.08 Å². The van der Waals surface area contributed by atoms with Crippen molar-refractivity contribution in [2.45, 2.75) is 67.6 Å². The van der Waals surface area contributed by atoms with Gasteiger partial charge in [0.1, 0.15) is 12.2 Å². The Morgan fingerprint density at radius 2 is 1.35 bits per heavy atom. The van der Waals surface area contributed by atoms with E-state index in [1.54, 1.807) is 7.05 Å². The maximum atomic E-state index is 13.3. The number of carbonyl (C=O) groups is 1. The van der Waals surface area contributed by atoms with Crippen molar-refractivity contribution in [2.75, 3.05) is 14.2 Å². The average molecular weight is 498 g/mol. The van der Waals surface area contributed by atoms with Gasteiger partial charge in [0, 0.05) is 17.9 Å². The summed E-state index contributed by atoms with van der Waals surface area (Å²) in [6, 6.07) is 0. The summed E-state index contributed by atoms with van der Waals surface area (Å²) in [7, 11) is 3.18. The molecule has 2 heterocycles. The number of allylic oxidation sites excluding steroid dienone is 12. The first-order chi connectivity index (χ1) is 17.1. The smallest absolute Gasteiger partial charge is 0.275 e. The highest BCUT2D eigenvalue weighted by atomic mass is 16.7. The van der Waals surface area contributed by atoms with E-state index in [1.165, 1.54) is 56.8 Å². The van der Waals surface area contributed by atoms with E-state index in [0.717, 1.165) is 0 Å². The van der Waals surface area contributed by atoms with Gasteiger partial charge in [0.05, 0.1) is 12.7 Å². The van der Waals surface area contributed by atoms with E-state index >= 15 is 0 Å². The minimum absolute atomic E-state index is 0.00793. The van der Waals surface area contributed by atoms with Gasteiger partial charge in [-0.3, -0.25) is 9.63 Å². The number of ether oxygens (including phenoxy) is 1. The minimum atomic E-state index is -0.391. The molecule has 4 nitrogen and oxygen atoms in total. The molecule has 0 aromatic heterocycles. The molecule has 37 heavy (non-hydrogen) atoms. The molecule has 1 saturated heterocycles. The second kappa shape index (κ2) is 7.24. The number of hydrogen-bond donors (Lipinski definition) is 0. The summed E-state index contributed by atoms with van der Waals surface area (Å²) < 4.78 is 6.64. The van der Waals surface area contributed by atoms with Gasteiger partial charge in [0.25, 0.3) is 5.91 Å². The molecule has 2 bridgehead atoms. The molecule has 0 aromatic rings. The first kappa shape index (κ1) is 24.6. The van der Waals surface area contributed by atoms with Gasteiger partial charge in [0.2, 0.25) is 0 Å². The van der Waals surface area contributed by atoms with E-state index in [2.05, 4.69) is 91.8 Å². The Morgan fingerprint density at radius 3 is 1.81 bits per heavy atom. The topological polar surface area (TPSA) is 38.8 Å². The Balaban J connectivity index is 1.71. The van der Waals surface area contributed by atoms with Crippen molar-refractivity contribution in [2.24, 2.45) is 21.7 Å². The van der Waals surface area contributed by atoms with Crippen LogP contribution in [0.15, 0.2) is 92.7 Å². The highest BCUT2D eigenvalue weighted by molar-refractivity contribution is 5.97. The molecule has 4 aliphatic carbocycles. The second-order valence-corrected chi connectivity index (χ2v) is 13.7. The third kappa shape index (κ3) is 2.94. The van der Waals surface area contributed by atoms with Crippen LogP contribution in [-0.4, -0.2) is 37.3 Å². The Labute approximate surface area is 221 Å². The van der Waals surface area contributed by atoms with Crippen molar-refractivity contribution in [3.05, 3.63) is 92.7 Å². The van der Waals surface area contributed by atoms with Crippen LogP contribution in [0.25, 0.3) is 0 Å². The number of rotatable bonds is 2. The second-order valence-electron chi connectivity index (χ2n) is 13.7. The first-order valence-corrected chi connectivity index (χ1v) is 13.4. The van der Waals surface area contributed by atoms with Crippen LogP contribution in [0.5, 0.6) is 0 Å². The van der Waals surface area contributed by atoms with Crippen LogP contribution in [-0.2, 0) is 14.4 Å². The third-order valence-corrected chi connectivity index (χ3v) is 9.75. The van der Waals surface area contributed by atoms with E-state index in [9.17, 15) is 4.79 Å². The molecule has 2 aliphatic heterocycles. The van der Waals surface area contributed by atoms with Crippen LogP contribution in [0.3, 0.4) is 0 Å². The predicted octanol–water partition coefficient (Wildman–Crippen LogP) is 6.73. The lowest BCUT2D eigenvalue weighted by Crippen LogP contribution is -2.50. The zero-order valence-corrected chi connectivity index (χ0v) is 23.9. The average Bonchev–Trinajstić information content (AvgIpc) is 3.39. The fourth-order valence-corrected chi connectivity index (χ4v) is 7.12. The highest BCUT2D eigenvalue weighted by Gasteiger charge is 2.63. The van der Waals surface area contributed by atoms with Gasteiger partial charge in [-0.25, -0.2) is 5.06 Å². The van der Waals surface area contributed by atoms with Gasteiger partial charge in [-0.15, -0.1) is 0 Å². The standard InChI is InChI=1S/C33H39NO3/c1-30(2,3)20-13-18-11-12-19-14-21(31(4,5)6)16-24-27-26(23(15-20)32(18,7)33(19,24)8)25-17-22(28(27)37-25)29(35)34(9)36-10/h11-17,25,28H,1-10H3/t25?,28?,32-,33-/m0/s1. The Bertz CT molecular complexity index is 1410. The summed E-state index contributed by atoms with van der Waals surface area (Å²) in [6.45, 7) is 18.5. The van der Waals surface area contributed by atoms with Crippen LogP contribution < -0.4 is 0 Å². The lowest BCUT2D eigenvalue weighted by Gasteiger charge is -2.59. The van der Waals surface area contributed by atoms with E-state index in [-0.39, 0.29) is 33.7 Å². The molecule has 4 atom stereocenters. The van der Waals surface area contributed by atoms with Crippen molar-refractivity contribution in [1.82, 2.24) is 5.06 Å². The summed E-state index contributed by atoms with van der Waals surface area (Å²) >= 11 is 0. The lowest BCUT2D eigenvalue weighted by molar-refractivity contribution is -0.164. The molecule has 0 N–H and O–H groups in total. The van der Waals surface area contributed by atoms with Crippen molar-refractivity contribution in [3.8, 4) is 0 Å². The SMILES string of the molecule is CON(C)C(=O)C1=CC2OC1C1=C3C=C(C(C)(C)C)C=C4C=CC5=CC(C(C)(C)C)=CC(=C12)[C@@]5(C)[C@@]43C. The van der Waals surface area contributed by atoms with Gasteiger partial charge in [-0.2, -0.15) is 0 Å². The summed E-state index contributed by atoms with van der Waals surface area (Å²) in [5.41, 5.74) is 10.6. The molecule has 6 aliphatic rings. The number of hydrogen-bond acceptors (Lipinski definition) is 3. The van der Waals surface area contributed by atoms with Crippen LogP contribution in [0.1, 0.15) is 55.4 Å². The summed E-state index contributed by atoms with van der Waals surface area (Å²) in [5, 5.41) is 1.30. The molecule has 6 rings (SSSR count). The number of fused-ring (bicyclic) bond motifs is 5. The molecule has 0 spiro atoms. The molecular weight excluding hydrogens is 458 g/mol. The Hall–Kier alpha value is -2.69. The zero-order valence-electron chi connectivity index (χ0n) is 23.9. The fourth-order valence-electron chi connectivity index (χ4n) is 7.12. The van der Waals surface area contributed by atoms with Gasteiger partial charge in [0.15, 0.2) is 0 Å². The zero-order chi connectivity index (χ0) is 26.9. The number of carbonyl (C=O) groups excluding carboxylic acids is 1. The van der Waals surface area contributed by atoms with Crippen LogP contribution >= 0.6 is 0 Å². The van der Waals surface area contributed by atoms with Crippen molar-refractivity contribution in [1.29, 1.82) is 0 Å². The quantitative estimate of drug-likeness (QED) is 0.397. The van der Waals surface area contributed by atoms with Crippen molar-refractivity contribution >= 4 is 5.91 Å². The molecule has 2 unspecified atom stereocenters. The summed E-state index contributed by atoms with van der Waals surface area (Å²) in [4.78, 5) is 18.6. The van der Waals surface area contributed by atoms with E-state index < -0.39 is 6.10 Å². The van der Waals surface area contributed by atoms with Crippen LogP contribution in [0.4, 0.5) is 0 Å². The largest absolute Gasteiger partial charge is 0.356 e. The minimum Gasteiger partial charge on any atom is -0.356 e. The number of amides is 1. The first-order valence-electron chi connectivity index (χ1n) is 13.4. The molecule has 1 amide bonds. The molecule has 4 heteroatoms. The van der Waals surface area contributed by atoms with Crippen molar-refractivity contribution in [3.63, 3.8) is 0 Å². The van der Waals surface area contributed by atoms with Gasteiger partial charge >= 0.3 is 0 Å². The van der Waals surface area contributed by atoms with Gasteiger partial charge in [-0.05, 0) is 61.5 Å². The van der Waals surface area contributed by atoms with Crippen LogP contribution in [0, 0.1) is 21.7 Å². The van der Waals surface area contributed by atoms with Crippen molar-refractivity contribution < 1.29 is 14.4 Å². The maximum Gasteiger partial charge on any atom is 0.275 e. The lowest BCUT2D eigenvalue weighted by atomic mass is 9.43. The third-order valence-electron chi connectivity index (χ3n) is 9.75. The Kier molecular flexibility index (Phi) is 4.82. The number of hydroxylamine groups is 2. The molecule has 0 aromatic carbocycles. The van der Waals surface area contributed by atoms with Crippen LogP contribution in [0.2, 0.25) is 0 Å². The molecule has 0 radical (unpaired) electrons. The predicted molar refractivity (Wildman–Crippen MR) is 147 cm³/mol. The highest BCUT2D eigenvalue weighted by Crippen LogP contribution is 2.70. The summed E-state index contributed by atoms with van der Waals surface area (Å²) in [6.07, 6.45) is 15.7. The monoisotopic (exact) mass is 497 g/mol. The Morgan fingerprint density at radius 1 is 0.865 bits per heavy atom. The molecule has 0 saturated carbocycles. The fraction of sp³-hybridized carbons (Fsp3) is 0.485. The maximum absolute atomic E-state index is 13.3. The molecule has 1 fully saturated rings. The van der Waals surface area contributed by atoms with Gasteiger partial charge in [-0.1, -0.05) is 91.8 Å². The number of likely N-dealkylation sites (N-methyl/N-ethyl adjacent to an activating group) is 1.